The van der Waals surface area contributed by atoms with Crippen molar-refractivity contribution in [1.29, 1.82) is 0 Å². The number of benzene rings is 2. The summed E-state index contributed by atoms with van der Waals surface area (Å²) < 4.78 is 0. The van der Waals surface area contributed by atoms with Crippen molar-refractivity contribution in [3.63, 3.8) is 0 Å². The Balaban J connectivity index is 0.00000169. The van der Waals surface area contributed by atoms with Gasteiger partial charge in [-0.2, -0.15) is 0 Å². The van der Waals surface area contributed by atoms with Crippen molar-refractivity contribution >= 4 is 41.8 Å². The van der Waals surface area contributed by atoms with Crippen LogP contribution in [0.1, 0.15) is 41.6 Å². The van der Waals surface area contributed by atoms with E-state index in [2.05, 4.69) is 29.1 Å². The number of carbonyl (C=O) groups excluding carboxylic acids is 1. The van der Waals surface area contributed by atoms with Crippen LogP contribution in [0.25, 0.3) is 11.0 Å². The molecule has 0 saturated carbocycles. The molecule has 3 aromatic rings. The summed E-state index contributed by atoms with van der Waals surface area (Å²) in [6, 6.07) is 15.0. The van der Waals surface area contributed by atoms with E-state index in [9.17, 15) is 4.79 Å². The lowest BCUT2D eigenvalue weighted by atomic mass is 10.0. The molecule has 0 fully saturated rings. The summed E-state index contributed by atoms with van der Waals surface area (Å²) in [5.41, 5.74) is 9.09. The summed E-state index contributed by atoms with van der Waals surface area (Å²) >= 11 is 0. The van der Waals surface area contributed by atoms with Gasteiger partial charge in [-0.3, -0.25) is 4.79 Å². The number of para-hydroxylation sites is 2. The summed E-state index contributed by atoms with van der Waals surface area (Å²) in [7, 11) is 0. The molecule has 2 aromatic carbocycles. The van der Waals surface area contributed by atoms with Crippen LogP contribution in [0, 0.1) is 5.92 Å². The zero-order valence-corrected chi connectivity index (χ0v) is 16.4. The van der Waals surface area contributed by atoms with Crippen molar-refractivity contribution in [2.45, 2.75) is 26.4 Å². The lowest BCUT2D eigenvalue weighted by Gasteiger charge is -2.20. The molecule has 26 heavy (non-hydrogen) atoms. The normalized spacial score (nSPS) is 11.5. The highest BCUT2D eigenvalue weighted by Gasteiger charge is 2.22. The molecule has 7 heteroatoms. The first-order chi connectivity index (χ1) is 11.6. The Bertz CT molecular complexity index is 813. The van der Waals surface area contributed by atoms with Crippen LogP contribution in [0.2, 0.25) is 0 Å². The van der Waals surface area contributed by atoms with Gasteiger partial charge in [0.25, 0.3) is 5.91 Å². The van der Waals surface area contributed by atoms with Gasteiger partial charge in [0, 0.05) is 12.1 Å². The van der Waals surface area contributed by atoms with E-state index in [1.165, 1.54) is 0 Å². The zero-order chi connectivity index (χ0) is 17.1. The Labute approximate surface area is 165 Å². The number of hydrogen-bond donors (Lipinski definition) is 3. The van der Waals surface area contributed by atoms with E-state index in [0.29, 0.717) is 12.1 Å². The van der Waals surface area contributed by atoms with E-state index in [1.54, 1.807) is 12.1 Å². The predicted octanol–water partition coefficient (Wildman–Crippen LogP) is 3.99. The van der Waals surface area contributed by atoms with Crippen molar-refractivity contribution in [2.24, 2.45) is 11.7 Å². The van der Waals surface area contributed by atoms with Gasteiger partial charge in [0.2, 0.25) is 0 Å². The van der Waals surface area contributed by atoms with E-state index >= 15 is 0 Å². The van der Waals surface area contributed by atoms with Crippen LogP contribution >= 0.6 is 24.8 Å². The van der Waals surface area contributed by atoms with E-state index in [4.69, 9.17) is 5.73 Å². The zero-order valence-electron chi connectivity index (χ0n) is 14.7. The topological polar surface area (TPSA) is 83.8 Å². The first-order valence-electron chi connectivity index (χ1n) is 8.13. The van der Waals surface area contributed by atoms with Crippen LogP contribution in [-0.2, 0) is 6.54 Å². The van der Waals surface area contributed by atoms with Crippen LogP contribution in [0.15, 0.2) is 48.5 Å². The quantitative estimate of drug-likeness (QED) is 0.611. The van der Waals surface area contributed by atoms with Gasteiger partial charge in [-0.1, -0.05) is 38.1 Å². The molecule has 1 heterocycles. The highest BCUT2D eigenvalue weighted by atomic mass is 35.5. The van der Waals surface area contributed by atoms with Gasteiger partial charge in [0.15, 0.2) is 0 Å². The van der Waals surface area contributed by atoms with Crippen LogP contribution in [-0.4, -0.2) is 15.9 Å². The molecule has 0 saturated heterocycles. The minimum atomic E-state index is -0.181. The minimum Gasteiger partial charge on any atom is -0.342 e. The van der Waals surface area contributed by atoms with Gasteiger partial charge in [0.05, 0.1) is 17.1 Å². The Morgan fingerprint density at radius 1 is 1.12 bits per heavy atom. The van der Waals surface area contributed by atoms with E-state index in [-0.39, 0.29) is 42.7 Å². The average molecular weight is 395 g/mol. The second-order valence-electron chi connectivity index (χ2n) is 6.24. The van der Waals surface area contributed by atoms with E-state index in [0.717, 1.165) is 22.4 Å². The lowest BCUT2D eigenvalue weighted by molar-refractivity contribution is 0.0923. The summed E-state index contributed by atoms with van der Waals surface area (Å²) in [5, 5.41) is 3.08. The van der Waals surface area contributed by atoms with Crippen molar-refractivity contribution in [1.82, 2.24) is 15.3 Å². The molecule has 1 atom stereocenters. The molecule has 3 rings (SSSR count). The predicted molar refractivity (Wildman–Crippen MR) is 110 cm³/mol. The number of fused-ring (bicyclic) bond motifs is 1. The molecule has 0 aliphatic carbocycles. The molecule has 1 aromatic heterocycles. The Hall–Kier alpha value is -2.08. The highest BCUT2D eigenvalue weighted by molar-refractivity contribution is 5.94. The number of rotatable bonds is 5. The van der Waals surface area contributed by atoms with Crippen LogP contribution in [0.5, 0.6) is 0 Å². The average Bonchev–Trinajstić information content (AvgIpc) is 3.02. The largest absolute Gasteiger partial charge is 0.342 e. The molecule has 0 aliphatic rings. The summed E-state index contributed by atoms with van der Waals surface area (Å²) in [4.78, 5) is 20.5. The molecular formula is C19H24Cl2N4O. The molecule has 1 unspecified atom stereocenters. The number of H-pyrrole nitrogens is 1. The maximum atomic E-state index is 12.6. The molecule has 4 N–H and O–H groups in total. The van der Waals surface area contributed by atoms with E-state index < -0.39 is 0 Å². The fourth-order valence-electron chi connectivity index (χ4n) is 2.69. The number of halogens is 2. The Morgan fingerprint density at radius 2 is 1.77 bits per heavy atom. The number of imidazole rings is 1. The molecule has 1 amide bonds. The van der Waals surface area contributed by atoms with Crippen molar-refractivity contribution in [3.8, 4) is 0 Å². The van der Waals surface area contributed by atoms with Crippen molar-refractivity contribution in [2.75, 3.05) is 0 Å². The van der Waals surface area contributed by atoms with Gasteiger partial charge in [-0.15, -0.1) is 24.8 Å². The second kappa shape index (κ2) is 9.57. The number of carbonyl (C=O) groups is 1. The van der Waals surface area contributed by atoms with E-state index in [1.807, 2.05) is 36.4 Å². The van der Waals surface area contributed by atoms with Crippen molar-refractivity contribution < 1.29 is 4.79 Å². The summed E-state index contributed by atoms with van der Waals surface area (Å²) in [6.07, 6.45) is 0. The molecule has 0 aliphatic heterocycles. The molecule has 0 bridgehead atoms. The molecule has 0 spiro atoms. The Kier molecular flexibility index (Phi) is 8.08. The maximum absolute atomic E-state index is 12.6. The first-order valence-corrected chi connectivity index (χ1v) is 8.13. The standard InChI is InChI=1S/C19H22N4O.2ClH/c1-12(2)17(18-21-15-5-3-4-6-16(15)22-18)23-19(24)14-9-7-13(11-20)8-10-14;;/h3-10,12,17H,11,20H2,1-2H3,(H,21,22)(H,23,24);2*1H. The number of aromatic nitrogens is 2. The number of nitrogens with one attached hydrogen (secondary N) is 2. The summed E-state index contributed by atoms with van der Waals surface area (Å²) in [5.74, 6) is 0.869. The van der Waals surface area contributed by atoms with Gasteiger partial charge in [-0.05, 0) is 35.7 Å². The van der Waals surface area contributed by atoms with Crippen molar-refractivity contribution in [3.05, 3.63) is 65.5 Å². The number of hydrogen-bond acceptors (Lipinski definition) is 3. The number of amides is 1. The monoisotopic (exact) mass is 394 g/mol. The fraction of sp³-hybridized carbons (Fsp3) is 0.263. The van der Waals surface area contributed by atoms with Crippen LogP contribution in [0.3, 0.4) is 0 Å². The van der Waals surface area contributed by atoms with Crippen LogP contribution < -0.4 is 11.1 Å². The SMILES string of the molecule is CC(C)C(NC(=O)c1ccc(CN)cc1)c1nc2ccccc2[nH]1.Cl.Cl. The van der Waals surface area contributed by atoms with Gasteiger partial charge >= 0.3 is 0 Å². The third-order valence-corrected chi connectivity index (χ3v) is 4.11. The number of aromatic amines is 1. The van der Waals surface area contributed by atoms with Gasteiger partial charge in [-0.25, -0.2) is 4.98 Å². The maximum Gasteiger partial charge on any atom is 0.251 e. The fourth-order valence-corrected chi connectivity index (χ4v) is 2.69. The second-order valence-corrected chi connectivity index (χ2v) is 6.24. The Morgan fingerprint density at radius 3 is 2.35 bits per heavy atom. The third-order valence-electron chi connectivity index (χ3n) is 4.11. The van der Waals surface area contributed by atoms with Crippen LogP contribution in [0.4, 0.5) is 0 Å². The molecule has 0 radical (unpaired) electrons. The first kappa shape index (κ1) is 22.0. The molecule has 140 valence electrons. The lowest BCUT2D eigenvalue weighted by Crippen LogP contribution is -2.32. The smallest absolute Gasteiger partial charge is 0.251 e. The molecular weight excluding hydrogens is 371 g/mol. The highest BCUT2D eigenvalue weighted by Crippen LogP contribution is 2.22. The van der Waals surface area contributed by atoms with Gasteiger partial charge < -0.3 is 16.0 Å². The summed E-state index contributed by atoms with van der Waals surface area (Å²) in [6.45, 7) is 4.60. The number of nitrogens with zero attached hydrogens (tertiary/aromatic N) is 1. The molecule has 5 nitrogen and oxygen atoms in total. The van der Waals surface area contributed by atoms with Gasteiger partial charge in [0.1, 0.15) is 5.82 Å². The minimum absolute atomic E-state index is 0. The number of nitrogens with two attached hydrogens (primary N) is 1. The third kappa shape index (κ3) is 4.75.